The van der Waals surface area contributed by atoms with Crippen LogP contribution in [0.2, 0.25) is 0 Å². The lowest BCUT2D eigenvalue weighted by Gasteiger charge is -2.40. The van der Waals surface area contributed by atoms with Crippen LogP contribution < -0.4 is 19.6 Å². The first-order valence-corrected chi connectivity index (χ1v) is 24.9. The van der Waals surface area contributed by atoms with Gasteiger partial charge in [0, 0.05) is 29.8 Å². The Labute approximate surface area is 466 Å². The topological polar surface area (TPSA) is 465 Å². The maximum Gasteiger partial charge on any atom is 0.330 e. The van der Waals surface area contributed by atoms with Crippen molar-refractivity contribution < 1.29 is 138 Å². The van der Waals surface area contributed by atoms with Gasteiger partial charge in [-0.2, -0.15) is 0 Å². The van der Waals surface area contributed by atoms with Gasteiger partial charge in [-0.1, -0.05) is 24.3 Å². The zero-order valence-electron chi connectivity index (χ0n) is 42.7. The van der Waals surface area contributed by atoms with Crippen molar-refractivity contribution >= 4 is 36.0 Å². The van der Waals surface area contributed by atoms with Gasteiger partial charge in [-0.3, -0.25) is 14.4 Å². The summed E-state index contributed by atoms with van der Waals surface area (Å²) >= 11 is 0. The summed E-state index contributed by atoms with van der Waals surface area (Å²) in [7, 11) is 0. The molecule has 0 bridgehead atoms. The lowest BCUT2D eigenvalue weighted by Crippen LogP contribution is -2.60. The fourth-order valence-corrected chi connectivity index (χ4v) is 8.46. The summed E-state index contributed by atoms with van der Waals surface area (Å²) < 4.78 is 56.4. The van der Waals surface area contributed by atoms with Crippen LogP contribution >= 0.6 is 0 Å². The Morgan fingerprint density at radius 3 is 1.33 bits per heavy atom. The van der Waals surface area contributed by atoms with Crippen molar-refractivity contribution in [1.82, 2.24) is 0 Å². The van der Waals surface area contributed by atoms with Crippen LogP contribution in [0.5, 0.6) is 40.2 Å². The van der Waals surface area contributed by atoms with Crippen LogP contribution in [0.4, 0.5) is 0 Å². The van der Waals surface area contributed by atoms with Gasteiger partial charge in [0.15, 0.2) is 28.4 Å². The third kappa shape index (κ3) is 14.6. The van der Waals surface area contributed by atoms with E-state index in [0.29, 0.717) is 11.1 Å². The number of aromatic hydroxyl groups is 4. The number of benzene rings is 4. The minimum absolute atomic E-state index is 0.0389. The largest absolute Gasteiger partial charge is 0.508 e. The molecule has 3 fully saturated rings. The number of aliphatic hydroxyl groups excluding tert-OH is 9. The highest BCUT2D eigenvalue weighted by molar-refractivity contribution is 5.90. The number of carbonyl (C=O) groups is 4. The number of hydrogen-bond donors (Lipinski definition) is 14. The highest BCUT2D eigenvalue weighted by atomic mass is 16.7. The van der Waals surface area contributed by atoms with E-state index in [0.717, 1.165) is 42.5 Å². The van der Waals surface area contributed by atoms with Crippen molar-refractivity contribution in [3.8, 4) is 62.9 Å². The maximum absolute atomic E-state index is 12.7. The Balaban J connectivity index is 1.15. The van der Waals surface area contributed by atoms with E-state index in [1.807, 2.05) is 0 Å². The molecule has 29 nitrogen and oxygen atoms in total. The number of ether oxygens (including phenoxy) is 9. The van der Waals surface area contributed by atoms with E-state index in [2.05, 4.69) is 0 Å². The SMILES string of the molecule is O=C(O)CC(=O)OC[C@H]1O[C@@H](Oc2cc3c(O)cc(=O)cc-3oc2-c2cc(O[C@@H]3O[C@H](COC(=O)C=Cc4ccc(O)cc4)[C@@H](O)[C@H](O)[C@H]3O)c(O)c(O[C@@H]3O[C@H](COC(=O)C=Cc4ccc(O)cc4)[C@@H](O)[C@H](O)[C@H]3O)c2)[C@H](O)[C@@H](O)[C@@H]1O. The number of aliphatic hydroxyl groups is 9. The quantitative estimate of drug-likeness (QED) is 0.0190. The molecule has 444 valence electrons. The molecule has 3 aromatic rings. The monoisotopic (exact) mass is 1170 g/mol. The third-order valence-electron chi connectivity index (χ3n) is 12.9. The second-order valence-electron chi connectivity index (χ2n) is 18.9. The smallest absolute Gasteiger partial charge is 0.330 e. The first kappa shape index (κ1) is 60.7. The van der Waals surface area contributed by atoms with E-state index in [1.54, 1.807) is 0 Å². The Hall–Kier alpha value is -8.43. The van der Waals surface area contributed by atoms with E-state index in [-0.39, 0.29) is 17.1 Å². The maximum atomic E-state index is 12.7. The molecule has 0 aromatic heterocycles. The Morgan fingerprint density at radius 1 is 0.494 bits per heavy atom. The number of rotatable bonds is 19. The predicted molar refractivity (Wildman–Crippen MR) is 272 cm³/mol. The number of fused-ring (bicyclic) bond motifs is 1. The summed E-state index contributed by atoms with van der Waals surface area (Å²) in [6, 6.07) is 15.9. The number of esters is 3. The van der Waals surface area contributed by atoms with E-state index < -0.39 is 193 Å². The lowest BCUT2D eigenvalue weighted by atomic mass is 9.99. The molecule has 29 heteroatoms. The van der Waals surface area contributed by atoms with E-state index >= 15 is 0 Å². The summed E-state index contributed by atoms with van der Waals surface area (Å²) in [5, 5.41) is 150. The zero-order chi connectivity index (χ0) is 60.0. The molecule has 4 heterocycles. The number of carboxylic acid groups (broad SMARTS) is 1. The molecular weight excluding hydrogens is 1110 g/mol. The Kier molecular flexibility index (Phi) is 19.2. The molecule has 15 atom stereocenters. The summed E-state index contributed by atoms with van der Waals surface area (Å²) in [6.45, 7) is -2.49. The first-order valence-electron chi connectivity index (χ1n) is 24.9. The average molecular weight is 1170 g/mol. The normalized spacial score (nSPS) is 28.1. The molecule has 83 heavy (non-hydrogen) atoms. The molecule has 5 aliphatic rings. The van der Waals surface area contributed by atoms with Gasteiger partial charge in [0.25, 0.3) is 0 Å². The molecule has 0 spiro atoms. The van der Waals surface area contributed by atoms with Gasteiger partial charge in [-0.15, -0.1) is 0 Å². The van der Waals surface area contributed by atoms with E-state index in [9.17, 15) is 90.4 Å². The number of phenolic OH excluding ortho intramolecular Hbond substituents is 4. The van der Waals surface area contributed by atoms with Crippen LogP contribution in [0, 0.1) is 0 Å². The predicted octanol–water partition coefficient (Wildman–Crippen LogP) is -1.68. The molecule has 4 aliphatic heterocycles. The summed E-state index contributed by atoms with van der Waals surface area (Å²) in [4.78, 5) is 61.3. The zero-order valence-corrected chi connectivity index (χ0v) is 42.7. The number of phenols is 4. The second-order valence-corrected chi connectivity index (χ2v) is 18.9. The standard InChI is InChI=1S/C54H54O29/c55-25-7-1-22(2-8-25)5-11-38(61)74-19-34-42(65)45(68)48(71)52(81-34)78-31-13-24(14-32(41(31)64)79-53-49(72)46(69)43(66)35(82-53)20-75-39(62)12-6-23-3-9-26(56)10-4-23)51-33(17-28-29(58)15-27(57)16-30(28)77-51)80-54-50(73)47(70)44(67)36(83-54)21-76-40(63)18-37(59)60/h1-17,34-36,42-50,52-56,58,64-73H,18-21H2,(H,59,60)/t34-,35-,36-,42-,43-,44-,45+,46+,47+,48-,49-,50-,52-,53-,54-/m1/s1. The fourth-order valence-electron chi connectivity index (χ4n) is 8.46. The lowest BCUT2D eigenvalue weighted by molar-refractivity contribution is -0.279. The molecule has 0 saturated carbocycles. The molecule has 1 aliphatic carbocycles. The summed E-state index contributed by atoms with van der Waals surface area (Å²) in [5.74, 6) is -9.92. The van der Waals surface area contributed by atoms with Gasteiger partial charge in [-0.25, -0.2) is 9.59 Å². The van der Waals surface area contributed by atoms with E-state index in [4.69, 9.17) is 52.2 Å². The van der Waals surface area contributed by atoms with Gasteiger partial charge in [0.05, 0.1) is 5.56 Å². The molecule has 3 saturated heterocycles. The van der Waals surface area contributed by atoms with Gasteiger partial charge in [-0.05, 0) is 65.7 Å². The number of carbonyl (C=O) groups excluding carboxylic acids is 3. The Bertz CT molecular complexity index is 3070. The minimum Gasteiger partial charge on any atom is -0.508 e. The number of carboxylic acids is 1. The molecule has 0 radical (unpaired) electrons. The third-order valence-corrected chi connectivity index (χ3v) is 12.9. The van der Waals surface area contributed by atoms with Gasteiger partial charge >= 0.3 is 23.9 Å². The molecule has 0 amide bonds. The van der Waals surface area contributed by atoms with Crippen molar-refractivity contribution in [2.24, 2.45) is 0 Å². The van der Waals surface area contributed by atoms with Crippen LogP contribution in [-0.2, 0) is 47.6 Å². The molecule has 3 aromatic carbocycles. The van der Waals surface area contributed by atoms with Gasteiger partial charge in [0.1, 0.15) is 122 Å². The van der Waals surface area contributed by atoms with Crippen LogP contribution in [0.15, 0.2) is 100 Å². The summed E-state index contributed by atoms with van der Waals surface area (Å²) in [6.07, 6.45) is -26.7. The average Bonchev–Trinajstić information content (AvgIpc) is 3.61. The minimum atomic E-state index is -2.19. The highest BCUT2D eigenvalue weighted by Crippen LogP contribution is 2.48. The van der Waals surface area contributed by atoms with Crippen molar-refractivity contribution in [2.45, 2.75) is 98.5 Å². The molecular formula is C54H54O29. The van der Waals surface area contributed by atoms with Crippen LogP contribution in [0.1, 0.15) is 17.5 Å². The van der Waals surface area contributed by atoms with Crippen molar-refractivity contribution in [2.75, 3.05) is 19.8 Å². The number of hydrogen-bond acceptors (Lipinski definition) is 28. The fraction of sp³-hybridized carbons (Fsp3) is 0.352. The van der Waals surface area contributed by atoms with E-state index in [1.165, 1.54) is 60.7 Å². The van der Waals surface area contributed by atoms with Crippen molar-refractivity contribution in [3.05, 3.63) is 112 Å². The highest BCUT2D eigenvalue weighted by Gasteiger charge is 2.49. The molecule has 14 N–H and O–H groups in total. The summed E-state index contributed by atoms with van der Waals surface area (Å²) in [5.41, 5.74) is -0.529. The number of aliphatic carboxylic acids is 1. The molecule has 0 unspecified atom stereocenters. The first-order chi connectivity index (χ1) is 39.4. The van der Waals surface area contributed by atoms with Gasteiger partial charge in [0.2, 0.25) is 24.6 Å². The van der Waals surface area contributed by atoms with Crippen LogP contribution in [0.3, 0.4) is 0 Å². The van der Waals surface area contributed by atoms with Gasteiger partial charge < -0.3 is 119 Å². The second kappa shape index (κ2) is 26.2. The van der Waals surface area contributed by atoms with Crippen molar-refractivity contribution in [1.29, 1.82) is 0 Å². The Morgan fingerprint density at radius 2 is 0.904 bits per heavy atom. The molecule has 8 rings (SSSR count). The van der Waals surface area contributed by atoms with Crippen LogP contribution in [0.25, 0.3) is 34.8 Å². The van der Waals surface area contributed by atoms with Crippen LogP contribution in [-0.4, -0.2) is 207 Å². The van der Waals surface area contributed by atoms with Crippen molar-refractivity contribution in [3.63, 3.8) is 0 Å².